The standard InChI is InChI=1S/C12H16ClFN2/c1-2-12(4-3-5-12)16-11-7-9(14)8(13)6-10(11)15/h6-7,16H,2-5,15H2,1H3. The molecule has 1 aromatic rings. The molecule has 1 fully saturated rings. The maximum Gasteiger partial charge on any atom is 0.143 e. The van der Waals surface area contributed by atoms with Crippen molar-refractivity contribution in [3.8, 4) is 0 Å². The van der Waals surface area contributed by atoms with Crippen molar-refractivity contribution < 1.29 is 4.39 Å². The van der Waals surface area contributed by atoms with Gasteiger partial charge in [-0.2, -0.15) is 0 Å². The lowest BCUT2D eigenvalue weighted by Crippen LogP contribution is -2.44. The zero-order valence-corrected chi connectivity index (χ0v) is 10.1. The van der Waals surface area contributed by atoms with Crippen molar-refractivity contribution >= 4 is 23.0 Å². The number of hydrogen-bond acceptors (Lipinski definition) is 2. The average Bonchev–Trinajstić information content (AvgIpc) is 2.19. The van der Waals surface area contributed by atoms with Crippen LogP contribution in [0.1, 0.15) is 32.6 Å². The summed E-state index contributed by atoms with van der Waals surface area (Å²) in [6, 6.07) is 2.84. The number of hydrogen-bond donors (Lipinski definition) is 2. The molecule has 4 heteroatoms. The van der Waals surface area contributed by atoms with Crippen molar-refractivity contribution in [1.82, 2.24) is 0 Å². The lowest BCUT2D eigenvalue weighted by atomic mass is 9.74. The van der Waals surface area contributed by atoms with E-state index in [2.05, 4.69) is 12.2 Å². The molecule has 0 spiro atoms. The lowest BCUT2D eigenvalue weighted by molar-refractivity contribution is 0.269. The van der Waals surface area contributed by atoms with Crippen LogP contribution in [-0.4, -0.2) is 5.54 Å². The monoisotopic (exact) mass is 242 g/mol. The summed E-state index contributed by atoms with van der Waals surface area (Å²) in [6.07, 6.45) is 4.48. The molecule has 2 rings (SSSR count). The molecule has 1 aromatic carbocycles. The number of anilines is 2. The fraction of sp³-hybridized carbons (Fsp3) is 0.500. The summed E-state index contributed by atoms with van der Waals surface area (Å²) in [6.45, 7) is 2.13. The van der Waals surface area contributed by atoms with Gasteiger partial charge in [0.1, 0.15) is 5.82 Å². The van der Waals surface area contributed by atoms with E-state index in [0.29, 0.717) is 11.4 Å². The molecule has 0 amide bonds. The van der Waals surface area contributed by atoms with Gasteiger partial charge in [-0.1, -0.05) is 18.5 Å². The highest BCUT2D eigenvalue weighted by Gasteiger charge is 2.35. The predicted octanol–water partition coefficient (Wildman–Crippen LogP) is 3.81. The first-order chi connectivity index (χ1) is 7.56. The molecule has 0 unspecified atom stereocenters. The third-order valence-corrected chi connectivity index (χ3v) is 3.77. The fourth-order valence-corrected chi connectivity index (χ4v) is 2.30. The molecule has 0 aromatic heterocycles. The second kappa shape index (κ2) is 4.13. The molecule has 0 radical (unpaired) electrons. The fourth-order valence-electron chi connectivity index (χ4n) is 2.13. The van der Waals surface area contributed by atoms with Gasteiger partial charge in [0.05, 0.1) is 16.4 Å². The molecule has 0 atom stereocenters. The van der Waals surface area contributed by atoms with Crippen LogP contribution >= 0.6 is 11.6 Å². The van der Waals surface area contributed by atoms with Gasteiger partial charge in [0, 0.05) is 11.6 Å². The normalized spacial score (nSPS) is 17.9. The summed E-state index contributed by atoms with van der Waals surface area (Å²) in [7, 11) is 0. The first kappa shape index (κ1) is 11.5. The van der Waals surface area contributed by atoms with Crippen molar-refractivity contribution in [3.05, 3.63) is 23.0 Å². The van der Waals surface area contributed by atoms with Crippen LogP contribution in [0, 0.1) is 5.82 Å². The van der Waals surface area contributed by atoms with E-state index in [0.717, 1.165) is 19.3 Å². The summed E-state index contributed by atoms with van der Waals surface area (Å²) in [4.78, 5) is 0. The zero-order valence-electron chi connectivity index (χ0n) is 9.32. The Morgan fingerprint density at radius 2 is 2.19 bits per heavy atom. The van der Waals surface area contributed by atoms with Gasteiger partial charge in [0.15, 0.2) is 0 Å². The van der Waals surface area contributed by atoms with Gasteiger partial charge in [-0.05, 0) is 31.7 Å². The van der Waals surface area contributed by atoms with Gasteiger partial charge in [-0.25, -0.2) is 4.39 Å². The van der Waals surface area contributed by atoms with Crippen LogP contribution in [-0.2, 0) is 0 Å². The Morgan fingerprint density at radius 3 is 2.69 bits per heavy atom. The molecular weight excluding hydrogens is 227 g/mol. The van der Waals surface area contributed by atoms with Gasteiger partial charge in [-0.15, -0.1) is 0 Å². The summed E-state index contributed by atoms with van der Waals surface area (Å²) in [5.74, 6) is -0.427. The van der Waals surface area contributed by atoms with Crippen molar-refractivity contribution in [2.45, 2.75) is 38.1 Å². The van der Waals surface area contributed by atoms with Crippen LogP contribution in [0.25, 0.3) is 0 Å². The average molecular weight is 243 g/mol. The van der Waals surface area contributed by atoms with Gasteiger partial charge in [0.25, 0.3) is 0 Å². The predicted molar refractivity (Wildman–Crippen MR) is 66.3 cm³/mol. The van der Waals surface area contributed by atoms with E-state index in [1.165, 1.54) is 18.6 Å². The molecular formula is C12H16ClFN2. The Morgan fingerprint density at radius 1 is 1.50 bits per heavy atom. The van der Waals surface area contributed by atoms with Gasteiger partial charge < -0.3 is 11.1 Å². The van der Waals surface area contributed by atoms with Crippen LogP contribution in [0.4, 0.5) is 15.8 Å². The molecule has 88 valence electrons. The first-order valence-corrected chi connectivity index (χ1v) is 5.97. The SMILES string of the molecule is CCC1(Nc2cc(F)c(Cl)cc2N)CCC1. The van der Waals surface area contributed by atoms with E-state index in [4.69, 9.17) is 17.3 Å². The van der Waals surface area contributed by atoms with Crippen molar-refractivity contribution in [3.63, 3.8) is 0 Å². The third kappa shape index (κ3) is 1.96. The summed E-state index contributed by atoms with van der Waals surface area (Å²) in [5.41, 5.74) is 7.08. The highest BCUT2D eigenvalue weighted by Crippen LogP contribution is 2.39. The summed E-state index contributed by atoms with van der Waals surface area (Å²) in [5, 5.41) is 3.43. The molecule has 0 heterocycles. The Labute approximate surface area is 100.0 Å². The van der Waals surface area contributed by atoms with Gasteiger partial charge in [0.2, 0.25) is 0 Å². The van der Waals surface area contributed by atoms with Crippen molar-refractivity contribution in [2.24, 2.45) is 0 Å². The minimum Gasteiger partial charge on any atom is -0.397 e. The maximum atomic E-state index is 13.3. The number of nitrogens with two attached hydrogens (primary N) is 1. The number of nitrogens with one attached hydrogen (secondary N) is 1. The van der Waals surface area contributed by atoms with E-state index in [1.54, 1.807) is 0 Å². The number of benzene rings is 1. The van der Waals surface area contributed by atoms with E-state index >= 15 is 0 Å². The molecule has 3 N–H and O–H groups in total. The van der Waals surface area contributed by atoms with Crippen molar-refractivity contribution in [1.29, 1.82) is 0 Å². The van der Waals surface area contributed by atoms with E-state index in [1.807, 2.05) is 0 Å². The Bertz CT molecular complexity index is 397. The van der Waals surface area contributed by atoms with Crippen LogP contribution in [0.3, 0.4) is 0 Å². The van der Waals surface area contributed by atoms with Crippen LogP contribution in [0.15, 0.2) is 12.1 Å². The van der Waals surface area contributed by atoms with E-state index in [-0.39, 0.29) is 10.6 Å². The molecule has 1 saturated carbocycles. The number of rotatable bonds is 3. The largest absolute Gasteiger partial charge is 0.397 e. The highest BCUT2D eigenvalue weighted by atomic mass is 35.5. The van der Waals surface area contributed by atoms with Crippen LogP contribution in [0.2, 0.25) is 5.02 Å². The van der Waals surface area contributed by atoms with E-state index in [9.17, 15) is 4.39 Å². The molecule has 16 heavy (non-hydrogen) atoms. The molecule has 1 aliphatic carbocycles. The lowest BCUT2D eigenvalue weighted by Gasteiger charge is -2.43. The zero-order chi connectivity index (χ0) is 11.8. The van der Waals surface area contributed by atoms with Gasteiger partial charge >= 0.3 is 0 Å². The topological polar surface area (TPSA) is 38.0 Å². The van der Waals surface area contributed by atoms with Crippen LogP contribution in [0.5, 0.6) is 0 Å². The summed E-state index contributed by atoms with van der Waals surface area (Å²) < 4.78 is 13.3. The Kier molecular flexibility index (Phi) is 2.98. The quantitative estimate of drug-likeness (QED) is 0.791. The minimum atomic E-state index is -0.427. The highest BCUT2D eigenvalue weighted by molar-refractivity contribution is 6.31. The second-order valence-corrected chi connectivity index (χ2v) is 4.87. The molecule has 0 bridgehead atoms. The first-order valence-electron chi connectivity index (χ1n) is 5.59. The Balaban J connectivity index is 2.24. The number of halogens is 2. The third-order valence-electron chi connectivity index (χ3n) is 3.48. The molecule has 2 nitrogen and oxygen atoms in total. The van der Waals surface area contributed by atoms with Crippen LogP contribution < -0.4 is 11.1 Å². The van der Waals surface area contributed by atoms with E-state index < -0.39 is 5.82 Å². The molecule has 0 aliphatic heterocycles. The maximum absolute atomic E-state index is 13.3. The minimum absolute atomic E-state index is 0.0715. The van der Waals surface area contributed by atoms with Crippen molar-refractivity contribution in [2.75, 3.05) is 11.1 Å². The number of nitrogen functional groups attached to an aromatic ring is 1. The smallest absolute Gasteiger partial charge is 0.143 e. The molecule has 1 aliphatic rings. The second-order valence-electron chi connectivity index (χ2n) is 4.47. The Hall–Kier alpha value is -0.960. The van der Waals surface area contributed by atoms with Gasteiger partial charge in [-0.3, -0.25) is 0 Å². The molecule has 0 saturated heterocycles. The summed E-state index contributed by atoms with van der Waals surface area (Å²) >= 11 is 5.66.